The Labute approximate surface area is 88.4 Å². The first-order chi connectivity index (χ1) is 7.19. The fourth-order valence-corrected chi connectivity index (χ4v) is 3.02. The average molecular weight is 212 g/mol. The molecule has 2 aliphatic rings. The van der Waals surface area contributed by atoms with Crippen molar-refractivity contribution in [2.24, 2.45) is 16.6 Å². The zero-order valence-electron chi connectivity index (χ0n) is 8.69. The van der Waals surface area contributed by atoms with E-state index in [1.54, 1.807) is 0 Å². The van der Waals surface area contributed by atoms with Crippen molar-refractivity contribution >= 4 is 5.97 Å². The van der Waals surface area contributed by atoms with Crippen LogP contribution in [0.5, 0.6) is 0 Å². The molecule has 1 N–H and O–H groups in total. The smallest absolute Gasteiger partial charge is 0.311 e. The van der Waals surface area contributed by atoms with Gasteiger partial charge in [-0.1, -0.05) is 19.3 Å². The number of hydrogen-bond acceptors (Lipinski definition) is 3. The Morgan fingerprint density at radius 1 is 1.40 bits per heavy atom. The summed E-state index contributed by atoms with van der Waals surface area (Å²) in [4.78, 5) is 21.9. The Hall–Kier alpha value is -1.13. The maximum absolute atomic E-state index is 11.4. The molecule has 1 saturated carbocycles. The van der Waals surface area contributed by atoms with Crippen molar-refractivity contribution in [2.75, 3.05) is 13.1 Å². The summed E-state index contributed by atoms with van der Waals surface area (Å²) in [7, 11) is 0. The summed E-state index contributed by atoms with van der Waals surface area (Å²) in [6, 6.07) is 0. The van der Waals surface area contributed by atoms with E-state index in [0.717, 1.165) is 25.7 Å². The number of hydrogen-bond donors (Lipinski definition) is 1. The molecular formula is C10H16N2O3. The monoisotopic (exact) mass is 212 g/mol. The lowest BCUT2D eigenvalue weighted by molar-refractivity contribution is -0.151. The highest BCUT2D eigenvalue weighted by molar-refractivity contribution is 5.76. The minimum atomic E-state index is -0.749. The third kappa shape index (κ3) is 1.60. The van der Waals surface area contributed by atoms with Crippen LogP contribution >= 0.6 is 0 Å². The second kappa shape index (κ2) is 3.79. The minimum Gasteiger partial charge on any atom is -0.481 e. The van der Waals surface area contributed by atoms with Gasteiger partial charge in [-0.3, -0.25) is 9.80 Å². The van der Waals surface area contributed by atoms with Crippen molar-refractivity contribution in [1.29, 1.82) is 0 Å². The van der Waals surface area contributed by atoms with Crippen LogP contribution < -0.4 is 0 Å². The molecule has 0 spiro atoms. The molecule has 5 heteroatoms. The van der Waals surface area contributed by atoms with Crippen molar-refractivity contribution in [2.45, 2.75) is 32.1 Å². The van der Waals surface area contributed by atoms with Gasteiger partial charge in [0.25, 0.3) is 0 Å². The first-order valence-electron chi connectivity index (χ1n) is 5.51. The maximum atomic E-state index is 11.4. The highest BCUT2D eigenvalue weighted by Gasteiger charge is 2.52. The lowest BCUT2D eigenvalue weighted by atomic mass is 9.74. The van der Waals surface area contributed by atoms with Crippen molar-refractivity contribution in [3.05, 3.63) is 4.91 Å². The molecule has 2 rings (SSSR count). The topological polar surface area (TPSA) is 70.0 Å². The van der Waals surface area contributed by atoms with Crippen LogP contribution in [0.3, 0.4) is 0 Å². The van der Waals surface area contributed by atoms with Gasteiger partial charge in [0.2, 0.25) is 0 Å². The molecule has 0 aromatic heterocycles. The summed E-state index contributed by atoms with van der Waals surface area (Å²) < 4.78 is 0. The summed E-state index contributed by atoms with van der Waals surface area (Å²) in [6.07, 6.45) is 4.75. The Balaban J connectivity index is 2.25. The summed E-state index contributed by atoms with van der Waals surface area (Å²) in [5.74, 6) is -0.643. The van der Waals surface area contributed by atoms with Crippen molar-refractivity contribution in [3.8, 4) is 0 Å². The summed E-state index contributed by atoms with van der Waals surface area (Å²) in [5.41, 5.74) is -0.704. The van der Waals surface area contributed by atoms with Gasteiger partial charge in [0.05, 0.1) is 17.2 Å². The zero-order valence-corrected chi connectivity index (χ0v) is 8.69. The average Bonchev–Trinajstić information content (AvgIpc) is 2.47. The van der Waals surface area contributed by atoms with Gasteiger partial charge in [0, 0.05) is 6.54 Å². The van der Waals surface area contributed by atoms with Crippen LogP contribution in [0.4, 0.5) is 0 Å². The molecule has 2 unspecified atom stereocenters. The van der Waals surface area contributed by atoms with Gasteiger partial charge in [-0.15, -0.1) is 4.91 Å². The van der Waals surface area contributed by atoms with Crippen LogP contribution in [-0.4, -0.2) is 29.2 Å². The summed E-state index contributed by atoms with van der Waals surface area (Å²) in [5, 5.41) is 13.6. The number of carbonyl (C=O) groups is 1. The van der Waals surface area contributed by atoms with Crippen LogP contribution in [0.1, 0.15) is 32.1 Å². The van der Waals surface area contributed by atoms with Crippen LogP contribution in [0, 0.1) is 16.2 Å². The molecule has 0 radical (unpaired) electrons. The van der Waals surface area contributed by atoms with Crippen molar-refractivity contribution in [1.82, 2.24) is 5.01 Å². The van der Waals surface area contributed by atoms with E-state index in [9.17, 15) is 14.8 Å². The third-order valence-electron chi connectivity index (χ3n) is 3.89. The molecule has 1 aliphatic heterocycles. The van der Waals surface area contributed by atoms with Crippen molar-refractivity contribution < 1.29 is 9.90 Å². The number of fused-ring (bicyclic) bond motifs is 1. The lowest BCUT2D eigenvalue weighted by Gasteiger charge is -2.27. The minimum absolute atomic E-state index is 0.107. The standard InChI is InChI=1S/C10H16N2O3/c13-9(14)10-5-3-1-2-4-8(10)6-12(7-10)11-15/h8H,1-7H2,(H,13,14). The highest BCUT2D eigenvalue weighted by Crippen LogP contribution is 2.45. The molecule has 0 aromatic carbocycles. The quantitative estimate of drug-likeness (QED) is 0.706. The number of aliphatic carboxylic acids is 1. The van der Waals surface area contributed by atoms with Gasteiger partial charge < -0.3 is 5.11 Å². The van der Waals surface area contributed by atoms with E-state index in [2.05, 4.69) is 5.29 Å². The molecule has 1 saturated heterocycles. The van der Waals surface area contributed by atoms with Gasteiger partial charge in [-0.25, -0.2) is 0 Å². The Morgan fingerprint density at radius 2 is 2.20 bits per heavy atom. The number of rotatable bonds is 2. The first kappa shape index (κ1) is 10.4. The van der Waals surface area contributed by atoms with Gasteiger partial charge in [-0.05, 0) is 18.8 Å². The molecule has 0 amide bonds. The maximum Gasteiger partial charge on any atom is 0.311 e. The van der Waals surface area contributed by atoms with Crippen LogP contribution in [-0.2, 0) is 4.79 Å². The fraction of sp³-hybridized carbons (Fsp3) is 0.900. The Kier molecular flexibility index (Phi) is 2.63. The molecule has 0 bridgehead atoms. The summed E-state index contributed by atoms with van der Waals surface area (Å²) in [6.45, 7) is 0.826. The predicted molar refractivity (Wildman–Crippen MR) is 54.0 cm³/mol. The third-order valence-corrected chi connectivity index (χ3v) is 3.89. The molecule has 2 atom stereocenters. The molecule has 0 aromatic rings. The molecule has 5 nitrogen and oxygen atoms in total. The number of nitrogens with zero attached hydrogens (tertiary/aromatic N) is 2. The highest BCUT2D eigenvalue weighted by atomic mass is 16.4. The Bertz CT molecular complexity index is 282. The Morgan fingerprint density at radius 3 is 2.87 bits per heavy atom. The van der Waals surface area contributed by atoms with E-state index >= 15 is 0 Å². The number of carboxylic acids is 1. The summed E-state index contributed by atoms with van der Waals surface area (Å²) >= 11 is 0. The van der Waals surface area contributed by atoms with E-state index in [0.29, 0.717) is 19.5 Å². The van der Waals surface area contributed by atoms with Crippen LogP contribution in [0.15, 0.2) is 5.29 Å². The second-order valence-corrected chi connectivity index (χ2v) is 4.69. The lowest BCUT2D eigenvalue weighted by Crippen LogP contribution is -2.38. The first-order valence-corrected chi connectivity index (χ1v) is 5.51. The molecule has 1 heterocycles. The SMILES string of the molecule is O=NN1CC2CCCCCC2(C(=O)O)C1. The number of carboxylic acid groups (broad SMARTS) is 1. The van der Waals surface area contributed by atoms with E-state index in [1.165, 1.54) is 5.01 Å². The molecular weight excluding hydrogens is 196 g/mol. The predicted octanol–water partition coefficient (Wildman–Crippen LogP) is 1.63. The van der Waals surface area contributed by atoms with Gasteiger partial charge in [0.15, 0.2) is 0 Å². The van der Waals surface area contributed by atoms with Crippen LogP contribution in [0.25, 0.3) is 0 Å². The van der Waals surface area contributed by atoms with Gasteiger partial charge in [-0.2, -0.15) is 0 Å². The second-order valence-electron chi connectivity index (χ2n) is 4.69. The molecule has 15 heavy (non-hydrogen) atoms. The van der Waals surface area contributed by atoms with Gasteiger partial charge in [0.1, 0.15) is 0 Å². The van der Waals surface area contributed by atoms with E-state index in [1.807, 2.05) is 0 Å². The zero-order chi connectivity index (χ0) is 10.9. The normalized spacial score (nSPS) is 35.7. The van der Waals surface area contributed by atoms with E-state index in [4.69, 9.17) is 0 Å². The van der Waals surface area contributed by atoms with Crippen LogP contribution in [0.2, 0.25) is 0 Å². The molecule has 84 valence electrons. The molecule has 1 aliphatic carbocycles. The molecule has 2 fully saturated rings. The van der Waals surface area contributed by atoms with Gasteiger partial charge >= 0.3 is 5.97 Å². The van der Waals surface area contributed by atoms with E-state index < -0.39 is 11.4 Å². The number of nitroso groups, excluding NO2 is 1. The largest absolute Gasteiger partial charge is 0.481 e. The fourth-order valence-electron chi connectivity index (χ4n) is 3.02. The van der Waals surface area contributed by atoms with Crippen molar-refractivity contribution in [3.63, 3.8) is 0 Å². The van der Waals surface area contributed by atoms with E-state index in [-0.39, 0.29) is 5.92 Å².